The second kappa shape index (κ2) is 3.38. The summed E-state index contributed by atoms with van der Waals surface area (Å²) >= 11 is 0. The van der Waals surface area contributed by atoms with E-state index in [2.05, 4.69) is 0 Å². The molecule has 0 saturated heterocycles. The average molecular weight is 171 g/mol. The zero-order chi connectivity index (χ0) is 9.84. The molecule has 0 amide bonds. The number of nitriles is 2. The molecule has 0 aromatic heterocycles. The van der Waals surface area contributed by atoms with Crippen LogP contribution in [0.2, 0.25) is 0 Å². The third kappa shape index (κ3) is 1.82. The molecule has 13 heavy (non-hydrogen) atoms. The van der Waals surface area contributed by atoms with E-state index in [-0.39, 0.29) is 16.7 Å². The second-order valence-electron chi connectivity index (χ2n) is 2.31. The molecule has 0 N–H and O–H groups in total. The lowest BCUT2D eigenvalue weighted by Crippen LogP contribution is -1.95. The summed E-state index contributed by atoms with van der Waals surface area (Å²) in [5.41, 5.74) is 0.118. The summed E-state index contributed by atoms with van der Waals surface area (Å²) < 4.78 is 0. The molecule has 1 aromatic rings. The van der Waals surface area contributed by atoms with Crippen LogP contribution in [0.3, 0.4) is 0 Å². The summed E-state index contributed by atoms with van der Waals surface area (Å²) in [7, 11) is 0. The van der Waals surface area contributed by atoms with Gasteiger partial charge >= 0.3 is 5.97 Å². The first-order chi connectivity index (χ1) is 6.17. The Morgan fingerprint density at radius 3 is 1.85 bits per heavy atom. The van der Waals surface area contributed by atoms with Crippen LogP contribution in [0.1, 0.15) is 21.5 Å². The molecule has 0 atom stereocenters. The summed E-state index contributed by atoms with van der Waals surface area (Å²) in [5, 5.41) is 27.4. The normalized spacial score (nSPS) is 8.46. The topological polar surface area (TPSA) is 84.5 Å². The van der Waals surface area contributed by atoms with Gasteiger partial charge in [-0.3, -0.25) is 0 Å². The van der Waals surface area contributed by atoms with E-state index in [1.165, 1.54) is 6.07 Å². The summed E-state index contributed by atoms with van der Waals surface area (Å²) in [5.74, 6) is -1.39. The van der Waals surface area contributed by atoms with Crippen molar-refractivity contribution in [3.05, 3.63) is 34.9 Å². The molecule has 0 fully saturated rings. The monoisotopic (exact) mass is 171 g/mol. The van der Waals surface area contributed by atoms with E-state index in [4.69, 9.17) is 10.5 Å². The largest absolute Gasteiger partial charge is 0.386 e. The van der Waals surface area contributed by atoms with E-state index < -0.39 is 5.97 Å². The Balaban J connectivity index is 3.35. The first kappa shape index (κ1) is 8.76. The zero-order valence-corrected chi connectivity index (χ0v) is 6.44. The van der Waals surface area contributed by atoms with Gasteiger partial charge in [0.05, 0.1) is 28.8 Å². The first-order valence-corrected chi connectivity index (χ1v) is 3.34. The number of carbonyl (C=O) groups excluding carboxylic acids is 1. The molecule has 0 unspecified atom stereocenters. The molecule has 0 aliphatic heterocycles. The molecular weight excluding hydrogens is 168 g/mol. The van der Waals surface area contributed by atoms with Crippen LogP contribution in [0, 0.1) is 22.7 Å². The number of rotatable bonds is 1. The fraction of sp³-hybridized carbons (Fsp3) is 0. The van der Waals surface area contributed by atoms with Crippen LogP contribution < -0.4 is 0 Å². The Morgan fingerprint density at radius 1 is 1.08 bits per heavy atom. The van der Waals surface area contributed by atoms with Crippen molar-refractivity contribution >= 4 is 5.97 Å². The van der Waals surface area contributed by atoms with Crippen molar-refractivity contribution in [3.8, 4) is 12.1 Å². The quantitative estimate of drug-likeness (QED) is 0.631. The fourth-order valence-electron chi connectivity index (χ4n) is 0.875. The molecule has 0 bridgehead atoms. The van der Waals surface area contributed by atoms with E-state index in [1.807, 2.05) is 0 Å². The Hall–Kier alpha value is -2.33. The van der Waals surface area contributed by atoms with E-state index >= 15 is 0 Å². The smallest absolute Gasteiger partial charge is 0.242 e. The number of benzene rings is 1. The van der Waals surface area contributed by atoms with Crippen LogP contribution in [0.4, 0.5) is 0 Å². The Morgan fingerprint density at radius 2 is 1.54 bits per heavy atom. The van der Waals surface area contributed by atoms with Crippen LogP contribution in [0.5, 0.6) is 0 Å². The molecule has 0 heterocycles. The van der Waals surface area contributed by atoms with Crippen molar-refractivity contribution in [3.63, 3.8) is 0 Å². The van der Waals surface area contributed by atoms with Crippen molar-refractivity contribution in [1.29, 1.82) is 10.5 Å². The van der Waals surface area contributed by atoms with Gasteiger partial charge in [0.2, 0.25) is 0 Å². The number of hydrogen-bond donors (Lipinski definition) is 0. The lowest BCUT2D eigenvalue weighted by atomic mass is 10.1. The van der Waals surface area contributed by atoms with Crippen LogP contribution in [-0.2, 0) is 5.11 Å². The third-order valence-corrected chi connectivity index (χ3v) is 1.43. The maximum atomic E-state index is 10.4. The Bertz CT molecular complexity index is 406. The van der Waals surface area contributed by atoms with Gasteiger partial charge in [-0.25, -0.2) is 9.90 Å². The van der Waals surface area contributed by atoms with Gasteiger partial charge in [0.15, 0.2) is 0 Å². The predicted molar refractivity (Wildman–Crippen MR) is 40.9 cm³/mol. The molecule has 1 aromatic carbocycles. The maximum absolute atomic E-state index is 10.4. The van der Waals surface area contributed by atoms with E-state index in [1.54, 1.807) is 12.1 Å². The number of carbonyl (C=O) groups is 1. The SMILES string of the molecule is N#Cc1cc(C#N)cc(C([O])=O)c1. The zero-order valence-electron chi connectivity index (χ0n) is 6.44. The standard InChI is InChI=1S/C9H3N2O2/c10-4-6-1-7(5-11)3-8(2-6)9(12)13/h1-3H. The van der Waals surface area contributed by atoms with E-state index in [9.17, 15) is 9.90 Å². The van der Waals surface area contributed by atoms with Crippen LogP contribution >= 0.6 is 0 Å². The summed E-state index contributed by atoms with van der Waals surface area (Å²) in [6.07, 6.45) is 0. The van der Waals surface area contributed by atoms with Gasteiger partial charge in [0, 0.05) is 0 Å². The molecule has 0 spiro atoms. The predicted octanol–water partition coefficient (Wildman–Crippen LogP) is 1.00. The van der Waals surface area contributed by atoms with Gasteiger partial charge in [-0.1, -0.05) is 0 Å². The fourth-order valence-corrected chi connectivity index (χ4v) is 0.875. The van der Waals surface area contributed by atoms with E-state index in [0.29, 0.717) is 0 Å². The highest BCUT2D eigenvalue weighted by atomic mass is 16.4. The molecule has 1 rings (SSSR count). The lowest BCUT2D eigenvalue weighted by Gasteiger charge is -1.94. The van der Waals surface area contributed by atoms with Crippen LogP contribution in [0.15, 0.2) is 18.2 Å². The Labute approximate surface area is 74.3 Å². The highest BCUT2D eigenvalue weighted by Crippen LogP contribution is 2.08. The summed E-state index contributed by atoms with van der Waals surface area (Å²) in [6, 6.07) is 7.15. The molecule has 0 saturated carbocycles. The first-order valence-electron chi connectivity index (χ1n) is 3.34. The van der Waals surface area contributed by atoms with Crippen LogP contribution in [0.25, 0.3) is 0 Å². The minimum atomic E-state index is -1.39. The lowest BCUT2D eigenvalue weighted by molar-refractivity contribution is 0.0573. The van der Waals surface area contributed by atoms with Gasteiger partial charge in [0.1, 0.15) is 0 Å². The minimum Gasteiger partial charge on any atom is -0.242 e. The maximum Gasteiger partial charge on any atom is 0.386 e. The third-order valence-electron chi connectivity index (χ3n) is 1.43. The highest BCUT2D eigenvalue weighted by molar-refractivity contribution is 5.88. The molecule has 61 valence electrons. The van der Waals surface area contributed by atoms with E-state index in [0.717, 1.165) is 12.1 Å². The van der Waals surface area contributed by atoms with Crippen LogP contribution in [-0.4, -0.2) is 5.97 Å². The Kier molecular flexibility index (Phi) is 2.28. The summed E-state index contributed by atoms with van der Waals surface area (Å²) in [4.78, 5) is 10.4. The van der Waals surface area contributed by atoms with Gasteiger partial charge < -0.3 is 0 Å². The average Bonchev–Trinajstić information content (AvgIpc) is 2.16. The molecular formula is C9H3N2O2. The summed E-state index contributed by atoms with van der Waals surface area (Å²) in [6.45, 7) is 0. The minimum absolute atomic E-state index is 0.137. The van der Waals surface area contributed by atoms with Gasteiger partial charge in [-0.05, 0) is 18.2 Å². The molecule has 4 heteroatoms. The van der Waals surface area contributed by atoms with Crippen molar-refractivity contribution in [2.45, 2.75) is 0 Å². The highest BCUT2D eigenvalue weighted by Gasteiger charge is 2.07. The molecule has 0 aliphatic rings. The van der Waals surface area contributed by atoms with Gasteiger partial charge in [0.25, 0.3) is 0 Å². The molecule has 1 radical (unpaired) electrons. The van der Waals surface area contributed by atoms with Crippen molar-refractivity contribution in [1.82, 2.24) is 0 Å². The van der Waals surface area contributed by atoms with Gasteiger partial charge in [-0.15, -0.1) is 0 Å². The second-order valence-corrected chi connectivity index (χ2v) is 2.31. The molecule has 0 aliphatic carbocycles. The van der Waals surface area contributed by atoms with Crippen molar-refractivity contribution in [2.75, 3.05) is 0 Å². The van der Waals surface area contributed by atoms with Gasteiger partial charge in [-0.2, -0.15) is 10.5 Å². The van der Waals surface area contributed by atoms with Crippen molar-refractivity contribution < 1.29 is 9.90 Å². The number of nitrogens with zero attached hydrogens (tertiary/aromatic N) is 2. The number of hydrogen-bond acceptors (Lipinski definition) is 3. The molecule has 4 nitrogen and oxygen atoms in total. The van der Waals surface area contributed by atoms with Crippen molar-refractivity contribution in [2.24, 2.45) is 0 Å².